The number of halogens is 1. The Morgan fingerprint density at radius 2 is 2.17 bits per heavy atom. The van der Waals surface area contributed by atoms with Gasteiger partial charge < -0.3 is 5.73 Å². The van der Waals surface area contributed by atoms with E-state index < -0.39 is 0 Å². The fraction of sp³-hybridized carbons (Fsp3) is 0.600. The number of likely N-dealkylation sites (tertiary alicyclic amines) is 1. The van der Waals surface area contributed by atoms with Gasteiger partial charge in [0.2, 0.25) is 0 Å². The molecule has 1 aromatic rings. The third-order valence-corrected chi connectivity index (χ3v) is 4.02. The van der Waals surface area contributed by atoms with Gasteiger partial charge in [-0.25, -0.2) is 4.39 Å². The van der Waals surface area contributed by atoms with Crippen molar-refractivity contribution in [2.24, 2.45) is 5.73 Å². The molecule has 2 N–H and O–H groups in total. The number of rotatable bonds is 3. The molecule has 2 rings (SSSR count). The van der Waals surface area contributed by atoms with E-state index in [1.54, 1.807) is 12.1 Å². The topological polar surface area (TPSA) is 29.3 Å². The number of hydrogen-bond donors (Lipinski definition) is 1. The van der Waals surface area contributed by atoms with Crippen LogP contribution in [0.1, 0.15) is 44.7 Å². The van der Waals surface area contributed by atoms with Gasteiger partial charge in [-0.15, -0.1) is 0 Å². The van der Waals surface area contributed by atoms with Crippen LogP contribution >= 0.6 is 0 Å². The number of hydrogen-bond acceptors (Lipinski definition) is 2. The van der Waals surface area contributed by atoms with Gasteiger partial charge in [-0.3, -0.25) is 4.90 Å². The molecule has 0 spiro atoms. The zero-order chi connectivity index (χ0) is 13.1. The quantitative estimate of drug-likeness (QED) is 0.893. The number of nitrogens with zero attached hydrogens (tertiary/aromatic N) is 1. The van der Waals surface area contributed by atoms with E-state index in [0.29, 0.717) is 12.1 Å². The lowest BCUT2D eigenvalue weighted by atomic mass is 9.93. The normalized spacial score (nSPS) is 27.1. The first-order valence-corrected chi connectivity index (χ1v) is 6.89. The maximum atomic E-state index is 13.9. The van der Waals surface area contributed by atoms with Crippen LogP contribution in [-0.2, 0) is 0 Å². The van der Waals surface area contributed by atoms with E-state index in [0.717, 1.165) is 31.4 Å². The molecule has 18 heavy (non-hydrogen) atoms. The van der Waals surface area contributed by atoms with Gasteiger partial charge in [0.25, 0.3) is 0 Å². The predicted octanol–water partition coefficient (Wildman–Crippen LogP) is 3.09. The van der Waals surface area contributed by atoms with Crippen LogP contribution in [0.25, 0.3) is 0 Å². The van der Waals surface area contributed by atoms with Gasteiger partial charge in [0.1, 0.15) is 5.82 Å². The molecule has 0 bridgehead atoms. The van der Waals surface area contributed by atoms with E-state index in [4.69, 9.17) is 5.73 Å². The molecule has 1 fully saturated rings. The van der Waals surface area contributed by atoms with Crippen molar-refractivity contribution in [1.82, 2.24) is 4.90 Å². The smallest absolute Gasteiger partial charge is 0.127 e. The average molecular weight is 250 g/mol. The van der Waals surface area contributed by atoms with Crippen LogP contribution in [0.15, 0.2) is 24.3 Å². The summed E-state index contributed by atoms with van der Waals surface area (Å²) in [6.45, 7) is 5.29. The first-order valence-electron chi connectivity index (χ1n) is 6.89. The van der Waals surface area contributed by atoms with E-state index in [-0.39, 0.29) is 11.9 Å². The second-order valence-electron chi connectivity index (χ2n) is 5.32. The Balaban J connectivity index is 2.21. The van der Waals surface area contributed by atoms with Gasteiger partial charge in [-0.05, 0) is 32.3 Å². The van der Waals surface area contributed by atoms with E-state index in [1.165, 1.54) is 0 Å². The van der Waals surface area contributed by atoms with Crippen molar-refractivity contribution in [1.29, 1.82) is 0 Å². The van der Waals surface area contributed by atoms with Crippen LogP contribution in [-0.4, -0.2) is 23.5 Å². The summed E-state index contributed by atoms with van der Waals surface area (Å²) in [7, 11) is 0. The molecule has 1 aromatic carbocycles. The van der Waals surface area contributed by atoms with Crippen LogP contribution in [0, 0.1) is 5.82 Å². The lowest BCUT2D eigenvalue weighted by molar-refractivity contribution is 0.0909. The average Bonchev–Trinajstić information content (AvgIpc) is 2.34. The van der Waals surface area contributed by atoms with E-state index in [2.05, 4.69) is 18.7 Å². The molecule has 0 saturated carbocycles. The molecule has 1 aliphatic rings. The number of nitrogens with two attached hydrogens (primary N) is 1. The van der Waals surface area contributed by atoms with Gasteiger partial charge >= 0.3 is 0 Å². The summed E-state index contributed by atoms with van der Waals surface area (Å²) in [6.07, 6.45) is 2.95. The fourth-order valence-corrected chi connectivity index (χ4v) is 3.07. The molecule has 3 atom stereocenters. The lowest BCUT2D eigenvalue weighted by Gasteiger charge is -2.41. The van der Waals surface area contributed by atoms with Crippen LogP contribution < -0.4 is 5.73 Å². The van der Waals surface area contributed by atoms with Crippen molar-refractivity contribution < 1.29 is 4.39 Å². The monoisotopic (exact) mass is 250 g/mol. The molecule has 0 radical (unpaired) electrons. The predicted molar refractivity (Wildman–Crippen MR) is 72.8 cm³/mol. The SMILES string of the molecule is CCC(c1ccccc1F)N1CCC(N)CC1C. The standard InChI is InChI=1S/C15H23FN2/c1-3-15(13-6-4-5-7-14(13)16)18-9-8-12(17)10-11(18)2/h4-7,11-12,15H,3,8-10,17H2,1-2H3. The summed E-state index contributed by atoms with van der Waals surface area (Å²) in [5.41, 5.74) is 6.82. The van der Waals surface area contributed by atoms with Crippen molar-refractivity contribution in [2.75, 3.05) is 6.54 Å². The molecule has 1 saturated heterocycles. The molecular weight excluding hydrogens is 227 g/mol. The fourth-order valence-electron chi connectivity index (χ4n) is 3.07. The summed E-state index contributed by atoms with van der Waals surface area (Å²) in [5.74, 6) is -0.0913. The molecule has 1 heterocycles. The maximum absolute atomic E-state index is 13.9. The molecule has 0 aromatic heterocycles. The molecular formula is C15H23FN2. The minimum atomic E-state index is -0.0913. The molecule has 0 amide bonds. The zero-order valence-corrected chi connectivity index (χ0v) is 11.3. The highest BCUT2D eigenvalue weighted by molar-refractivity contribution is 5.21. The zero-order valence-electron chi connectivity index (χ0n) is 11.3. The van der Waals surface area contributed by atoms with Crippen LogP contribution in [0.2, 0.25) is 0 Å². The maximum Gasteiger partial charge on any atom is 0.127 e. The van der Waals surface area contributed by atoms with Gasteiger partial charge in [0.15, 0.2) is 0 Å². The third-order valence-electron chi connectivity index (χ3n) is 4.02. The Morgan fingerprint density at radius 1 is 1.44 bits per heavy atom. The first-order chi connectivity index (χ1) is 8.63. The molecule has 1 aliphatic heterocycles. The second-order valence-corrected chi connectivity index (χ2v) is 5.32. The largest absolute Gasteiger partial charge is 0.328 e. The highest BCUT2D eigenvalue weighted by Crippen LogP contribution is 2.31. The summed E-state index contributed by atoms with van der Waals surface area (Å²) in [4.78, 5) is 2.40. The Hall–Kier alpha value is -0.930. The summed E-state index contributed by atoms with van der Waals surface area (Å²) < 4.78 is 13.9. The molecule has 2 nitrogen and oxygen atoms in total. The highest BCUT2D eigenvalue weighted by atomic mass is 19.1. The number of benzene rings is 1. The lowest BCUT2D eigenvalue weighted by Crippen LogP contribution is -2.47. The highest BCUT2D eigenvalue weighted by Gasteiger charge is 2.30. The van der Waals surface area contributed by atoms with Gasteiger partial charge in [0.05, 0.1) is 0 Å². The minimum absolute atomic E-state index is 0.0913. The van der Waals surface area contributed by atoms with Crippen molar-refractivity contribution in [3.63, 3.8) is 0 Å². The van der Waals surface area contributed by atoms with Gasteiger partial charge in [0, 0.05) is 30.2 Å². The van der Waals surface area contributed by atoms with E-state index >= 15 is 0 Å². The van der Waals surface area contributed by atoms with Crippen LogP contribution in [0.5, 0.6) is 0 Å². The molecule has 0 aliphatic carbocycles. The Bertz CT molecular complexity index is 394. The van der Waals surface area contributed by atoms with Crippen molar-refractivity contribution in [2.45, 2.75) is 51.2 Å². The minimum Gasteiger partial charge on any atom is -0.328 e. The Labute approximate surface area is 109 Å². The van der Waals surface area contributed by atoms with Crippen molar-refractivity contribution in [3.05, 3.63) is 35.6 Å². The molecule has 3 unspecified atom stereocenters. The third kappa shape index (κ3) is 2.73. The summed E-state index contributed by atoms with van der Waals surface area (Å²) in [5, 5.41) is 0. The van der Waals surface area contributed by atoms with Gasteiger partial charge in [-0.1, -0.05) is 25.1 Å². The number of piperidine rings is 1. The van der Waals surface area contributed by atoms with Crippen LogP contribution in [0.4, 0.5) is 4.39 Å². The molecule has 3 heteroatoms. The second kappa shape index (κ2) is 5.81. The van der Waals surface area contributed by atoms with Crippen LogP contribution in [0.3, 0.4) is 0 Å². The molecule has 100 valence electrons. The Kier molecular flexibility index (Phi) is 4.36. The van der Waals surface area contributed by atoms with E-state index in [9.17, 15) is 4.39 Å². The summed E-state index contributed by atoms with van der Waals surface area (Å²) >= 11 is 0. The van der Waals surface area contributed by atoms with Crippen molar-refractivity contribution in [3.8, 4) is 0 Å². The summed E-state index contributed by atoms with van der Waals surface area (Å²) in [6, 6.07) is 8.03. The van der Waals surface area contributed by atoms with Gasteiger partial charge in [-0.2, -0.15) is 0 Å². The Morgan fingerprint density at radius 3 is 2.78 bits per heavy atom. The van der Waals surface area contributed by atoms with Crippen molar-refractivity contribution >= 4 is 0 Å². The first kappa shape index (κ1) is 13.5. The van der Waals surface area contributed by atoms with E-state index in [1.807, 2.05) is 12.1 Å².